The molecule has 0 aliphatic heterocycles. The van der Waals surface area contributed by atoms with Gasteiger partial charge in [0.15, 0.2) is 0 Å². The average molecular weight is 122 g/mol. The maximum absolute atomic E-state index is 5.21. The van der Waals surface area contributed by atoms with E-state index in [9.17, 15) is 0 Å². The largest absolute Gasteiger partial charge is 0.330 e. The molecular weight excluding hydrogens is 110 g/mol. The molecule has 0 bridgehead atoms. The minimum atomic E-state index is 0.774. The van der Waals surface area contributed by atoms with Crippen LogP contribution in [0.25, 0.3) is 0 Å². The van der Waals surface area contributed by atoms with Gasteiger partial charge in [0.2, 0.25) is 0 Å². The van der Waals surface area contributed by atoms with Crippen LogP contribution in [0.2, 0.25) is 0 Å². The van der Waals surface area contributed by atoms with E-state index in [0.717, 1.165) is 30.8 Å². The first kappa shape index (κ1) is 7.27. The van der Waals surface area contributed by atoms with E-state index in [4.69, 9.17) is 9.92 Å². The molecule has 0 aromatic carbocycles. The number of hydrogen-bond donors (Lipinski definition) is 1. The molecule has 0 aromatic heterocycles. The highest BCUT2D eigenvalue weighted by atomic mass is 32.2. The Hall–Kier alpha value is 0.270. The van der Waals surface area contributed by atoms with Crippen LogP contribution < -0.4 is 5.73 Å². The second-order valence-electron chi connectivity index (χ2n) is 1.18. The third-order valence-corrected chi connectivity index (χ3v) is 1.34. The molecule has 0 saturated heterocycles. The summed E-state index contributed by atoms with van der Waals surface area (Å²) in [6.45, 7) is 0.774. The zero-order valence-corrected chi connectivity index (χ0v) is 5.45. The molecule has 2 N–H and O–H groups in total. The molecule has 7 heavy (non-hydrogen) atoms. The summed E-state index contributed by atoms with van der Waals surface area (Å²) in [6.07, 6.45) is 1.06. The first-order valence-electron chi connectivity index (χ1n) is 2.32. The van der Waals surface area contributed by atoms with Crippen molar-refractivity contribution in [3.63, 3.8) is 0 Å². The van der Waals surface area contributed by atoms with Gasteiger partial charge < -0.3 is 5.73 Å². The monoisotopic (exact) mass is 122 g/mol. The molecule has 3 heteroatoms. The lowest BCUT2D eigenvalue weighted by Gasteiger charge is -1.83. The van der Waals surface area contributed by atoms with Gasteiger partial charge in [0, 0.05) is 6.42 Å². The van der Waals surface area contributed by atoms with Gasteiger partial charge in [0.25, 0.3) is 0 Å². The number of thiol groups is 1. The number of nitrogens with two attached hydrogens (primary N) is 1. The first-order chi connectivity index (χ1) is 3.41. The molecule has 0 radical (unpaired) electrons. The Labute approximate surface area is 48.6 Å². The molecule has 0 aliphatic carbocycles. The van der Waals surface area contributed by atoms with E-state index in [1.807, 2.05) is 0 Å². The minimum Gasteiger partial charge on any atom is -0.330 e. The van der Waals surface area contributed by atoms with Crippen LogP contribution in [-0.4, -0.2) is 19.4 Å². The molecule has 0 saturated carbocycles. The van der Waals surface area contributed by atoms with Gasteiger partial charge in [-0.3, -0.25) is 0 Å². The Bertz CT molecular complexity index is 30.9. The fourth-order valence-electron chi connectivity index (χ4n) is 0.247. The summed E-state index contributed by atoms with van der Waals surface area (Å²) < 4.78 is 4.76. The molecule has 0 heterocycles. The van der Waals surface area contributed by atoms with Crippen molar-refractivity contribution in [1.29, 1.82) is 0 Å². The van der Waals surface area contributed by atoms with Gasteiger partial charge in [-0.05, 0) is 6.54 Å². The first-order valence-corrected chi connectivity index (χ1v) is 3.31. The summed E-state index contributed by atoms with van der Waals surface area (Å²) in [6, 6.07) is 0. The van der Waals surface area contributed by atoms with E-state index in [-0.39, 0.29) is 0 Å². The molecule has 0 rings (SSSR count). The van der Waals surface area contributed by atoms with Crippen LogP contribution in [0.3, 0.4) is 0 Å². The lowest BCUT2D eigenvalue weighted by atomic mass is 10.5. The highest BCUT2D eigenvalue weighted by Crippen LogP contribution is 1.77. The Kier molecular flexibility index (Phi) is 6.51. The number of rotatable bonds is 4. The molecule has 2 nitrogen and oxygen atoms in total. The zero-order chi connectivity index (χ0) is 5.54. The van der Waals surface area contributed by atoms with E-state index >= 15 is 0 Å². The molecule has 0 fully saturated rings. The summed E-state index contributed by atoms with van der Waals surface area (Å²) in [5.74, 6) is 1.06. The van der Waals surface area contributed by atoms with Crippen LogP contribution in [0, 0.1) is 0 Å². The van der Waals surface area contributed by atoms with E-state index in [1.165, 1.54) is 0 Å². The fourth-order valence-corrected chi connectivity index (χ4v) is 0.741. The molecule has 0 aliphatic rings. The third kappa shape index (κ3) is 6.27. The minimum absolute atomic E-state index is 0.774. The van der Waals surface area contributed by atoms with Crippen molar-refractivity contribution >= 4 is 12.0 Å². The van der Waals surface area contributed by atoms with Crippen molar-refractivity contribution in [1.82, 2.24) is 0 Å². The summed E-state index contributed by atoms with van der Waals surface area (Å²) in [5, 5.41) is 0. The summed E-state index contributed by atoms with van der Waals surface area (Å²) in [4.78, 5) is 0. The fraction of sp³-hybridized carbons (Fsp3) is 1.00. The van der Waals surface area contributed by atoms with E-state index in [0.29, 0.717) is 0 Å². The van der Waals surface area contributed by atoms with Gasteiger partial charge in [0.1, 0.15) is 17.8 Å². The molecule has 44 valence electrons. The van der Waals surface area contributed by atoms with Crippen LogP contribution in [0.15, 0.2) is 0 Å². The Balaban J connectivity index is 2.45. The normalized spacial score (nSPS) is 9.43. The third-order valence-electron chi connectivity index (χ3n) is 0.583. The van der Waals surface area contributed by atoms with Crippen molar-refractivity contribution in [2.24, 2.45) is 5.73 Å². The van der Waals surface area contributed by atoms with E-state index < -0.39 is 0 Å². The maximum atomic E-state index is 5.21. The summed E-state index contributed by atoms with van der Waals surface area (Å²) in [7, 11) is 1.69. The van der Waals surface area contributed by atoms with Crippen molar-refractivity contribution in [2.45, 2.75) is 6.42 Å². The van der Waals surface area contributed by atoms with Crippen molar-refractivity contribution < 1.29 is 4.18 Å². The smallest absolute Gasteiger partial charge is 0.140 e. The van der Waals surface area contributed by atoms with Crippen molar-refractivity contribution in [3.8, 4) is 0 Å². The van der Waals surface area contributed by atoms with Gasteiger partial charge in [-0.1, -0.05) is 0 Å². The average Bonchev–Trinajstić information content (AvgIpc) is 1.69. The SMILES string of the molecule is CO[SH+]CCCN. The molecule has 0 spiro atoms. The van der Waals surface area contributed by atoms with E-state index in [1.54, 1.807) is 7.11 Å². The van der Waals surface area contributed by atoms with Crippen LogP contribution in [0.5, 0.6) is 0 Å². The lowest BCUT2D eigenvalue weighted by Crippen LogP contribution is -2.02. The van der Waals surface area contributed by atoms with Gasteiger partial charge >= 0.3 is 0 Å². The summed E-state index contributed by atoms with van der Waals surface area (Å²) in [5.41, 5.74) is 5.21. The second kappa shape index (κ2) is 6.27. The standard InChI is InChI=1S/C4H11NOS/c1-6-7-4-2-3-5/h2-5H2,1H3/p+1. The maximum Gasteiger partial charge on any atom is 0.140 e. The van der Waals surface area contributed by atoms with Crippen LogP contribution >= 0.6 is 0 Å². The summed E-state index contributed by atoms with van der Waals surface area (Å²) >= 11 is 1.05. The molecule has 0 atom stereocenters. The zero-order valence-electron chi connectivity index (χ0n) is 4.55. The lowest BCUT2D eigenvalue weighted by molar-refractivity contribution is 0.484. The molecule has 0 amide bonds. The number of hydrogen-bond acceptors (Lipinski definition) is 2. The van der Waals surface area contributed by atoms with E-state index in [2.05, 4.69) is 0 Å². The Morgan fingerprint density at radius 3 is 2.86 bits per heavy atom. The Morgan fingerprint density at radius 1 is 1.71 bits per heavy atom. The molecular formula is C4H12NOS+. The van der Waals surface area contributed by atoms with Gasteiger partial charge in [-0.15, -0.1) is 0 Å². The predicted octanol–water partition coefficient (Wildman–Crippen LogP) is -0.289. The van der Waals surface area contributed by atoms with Gasteiger partial charge in [-0.25, -0.2) is 0 Å². The molecule has 0 aromatic rings. The van der Waals surface area contributed by atoms with Crippen LogP contribution in [0.4, 0.5) is 0 Å². The highest BCUT2D eigenvalue weighted by molar-refractivity contribution is 7.73. The molecule has 0 unspecified atom stereocenters. The van der Waals surface area contributed by atoms with Crippen molar-refractivity contribution in [2.75, 3.05) is 19.4 Å². The highest BCUT2D eigenvalue weighted by Gasteiger charge is 1.89. The van der Waals surface area contributed by atoms with Gasteiger partial charge in [0.05, 0.1) is 7.11 Å². The quantitative estimate of drug-likeness (QED) is 0.316. The Morgan fingerprint density at radius 2 is 2.43 bits per heavy atom. The second-order valence-corrected chi connectivity index (χ2v) is 2.25. The van der Waals surface area contributed by atoms with Crippen LogP contribution in [-0.2, 0) is 16.2 Å². The van der Waals surface area contributed by atoms with Crippen LogP contribution in [0.1, 0.15) is 6.42 Å². The predicted molar refractivity (Wildman–Crippen MR) is 34.3 cm³/mol. The van der Waals surface area contributed by atoms with Gasteiger partial charge in [-0.2, -0.15) is 4.18 Å². The van der Waals surface area contributed by atoms with Crippen molar-refractivity contribution in [3.05, 3.63) is 0 Å². The topological polar surface area (TPSA) is 35.2 Å².